The molecule has 0 aliphatic carbocycles. The normalized spacial score (nSPS) is 10.4. The molecule has 25 heavy (non-hydrogen) atoms. The Bertz CT molecular complexity index is 876. The van der Waals surface area contributed by atoms with Crippen molar-refractivity contribution < 1.29 is 9.59 Å². The lowest BCUT2D eigenvalue weighted by molar-refractivity contribution is -0.127. The largest absolute Gasteiger partial charge is 0.273 e. The van der Waals surface area contributed by atoms with Crippen molar-refractivity contribution in [2.75, 3.05) is 5.75 Å². The van der Waals surface area contributed by atoms with Crippen LogP contribution in [0.25, 0.3) is 10.8 Å². The molecule has 0 atom stereocenters. The van der Waals surface area contributed by atoms with Gasteiger partial charge in [0, 0.05) is 4.90 Å². The molecule has 0 fully saturated rings. The van der Waals surface area contributed by atoms with Gasteiger partial charge in [0.25, 0.3) is 0 Å². The summed E-state index contributed by atoms with van der Waals surface area (Å²) in [5.41, 5.74) is 5.88. The second-order valence-corrected chi connectivity index (χ2v) is 6.56. The van der Waals surface area contributed by atoms with Gasteiger partial charge in [-0.15, -0.1) is 11.8 Å². The Labute approximate surface area is 150 Å². The predicted octanol–water partition coefficient (Wildman–Crippen LogP) is 3.32. The van der Waals surface area contributed by atoms with Crippen molar-refractivity contribution >= 4 is 34.3 Å². The number of carbonyl (C=O) groups excluding carboxylic acids is 2. The van der Waals surface area contributed by atoms with Crippen molar-refractivity contribution in [2.24, 2.45) is 0 Å². The molecular weight excluding hydrogens is 332 g/mol. The first-order valence-electron chi connectivity index (χ1n) is 7.94. The fraction of sp³-hybridized carbons (Fsp3) is 0.100. The van der Waals surface area contributed by atoms with Gasteiger partial charge in [0.1, 0.15) is 0 Å². The molecule has 2 N–H and O–H groups in total. The molecule has 0 heterocycles. The molecule has 0 aromatic heterocycles. The van der Waals surface area contributed by atoms with Crippen LogP contribution in [0.3, 0.4) is 0 Å². The topological polar surface area (TPSA) is 58.2 Å². The third-order valence-electron chi connectivity index (χ3n) is 3.69. The zero-order valence-electron chi connectivity index (χ0n) is 13.6. The summed E-state index contributed by atoms with van der Waals surface area (Å²) in [5, 5.41) is 2.14. The molecule has 4 nitrogen and oxygen atoms in total. The predicted molar refractivity (Wildman–Crippen MR) is 101 cm³/mol. The van der Waals surface area contributed by atoms with E-state index < -0.39 is 0 Å². The van der Waals surface area contributed by atoms with Crippen molar-refractivity contribution in [3.8, 4) is 0 Å². The summed E-state index contributed by atoms with van der Waals surface area (Å²) in [6, 6.07) is 23.5. The molecule has 0 saturated carbocycles. The fourth-order valence-corrected chi connectivity index (χ4v) is 3.22. The number of hydrazine groups is 1. The molecule has 0 bridgehead atoms. The van der Waals surface area contributed by atoms with E-state index in [-0.39, 0.29) is 24.0 Å². The maximum atomic E-state index is 12.1. The monoisotopic (exact) mass is 350 g/mol. The van der Waals surface area contributed by atoms with Gasteiger partial charge >= 0.3 is 0 Å². The van der Waals surface area contributed by atoms with E-state index in [1.165, 1.54) is 11.8 Å². The first-order chi connectivity index (χ1) is 12.2. The number of fused-ring (bicyclic) bond motifs is 1. The SMILES string of the molecule is O=C(CSc1ccccc1)NNC(=O)Cc1cccc2ccccc12. The van der Waals surface area contributed by atoms with Crippen LogP contribution in [0.4, 0.5) is 0 Å². The van der Waals surface area contributed by atoms with Crippen LogP contribution >= 0.6 is 11.8 Å². The summed E-state index contributed by atoms with van der Waals surface area (Å²) in [7, 11) is 0. The maximum Gasteiger partial charge on any atom is 0.248 e. The molecule has 126 valence electrons. The average Bonchev–Trinajstić information content (AvgIpc) is 2.66. The summed E-state index contributed by atoms with van der Waals surface area (Å²) in [6.45, 7) is 0. The summed E-state index contributed by atoms with van der Waals surface area (Å²) in [5.74, 6) is -0.229. The summed E-state index contributed by atoms with van der Waals surface area (Å²) < 4.78 is 0. The summed E-state index contributed by atoms with van der Waals surface area (Å²) in [6.07, 6.45) is 0.216. The Morgan fingerprint density at radius 1 is 0.760 bits per heavy atom. The number of rotatable bonds is 5. The highest BCUT2D eigenvalue weighted by atomic mass is 32.2. The van der Waals surface area contributed by atoms with Gasteiger partial charge in [-0.2, -0.15) is 0 Å². The molecule has 0 aliphatic heterocycles. The number of amides is 2. The van der Waals surface area contributed by atoms with E-state index in [2.05, 4.69) is 10.9 Å². The molecule has 2 amide bonds. The van der Waals surface area contributed by atoms with Crippen molar-refractivity contribution in [2.45, 2.75) is 11.3 Å². The average molecular weight is 350 g/mol. The van der Waals surface area contributed by atoms with E-state index in [0.717, 1.165) is 21.2 Å². The molecule has 5 heteroatoms. The summed E-state index contributed by atoms with van der Waals surface area (Å²) >= 11 is 1.42. The number of hydrogen-bond acceptors (Lipinski definition) is 3. The Morgan fingerprint density at radius 3 is 2.28 bits per heavy atom. The van der Waals surface area contributed by atoms with Crippen LogP contribution in [-0.4, -0.2) is 17.6 Å². The number of benzene rings is 3. The number of hydrogen-bond donors (Lipinski definition) is 2. The van der Waals surface area contributed by atoms with Crippen LogP contribution in [0.2, 0.25) is 0 Å². The lowest BCUT2D eigenvalue weighted by Crippen LogP contribution is -2.43. The highest BCUT2D eigenvalue weighted by molar-refractivity contribution is 8.00. The fourth-order valence-electron chi connectivity index (χ4n) is 2.50. The maximum absolute atomic E-state index is 12.1. The van der Waals surface area contributed by atoms with Crippen LogP contribution in [-0.2, 0) is 16.0 Å². The van der Waals surface area contributed by atoms with Gasteiger partial charge < -0.3 is 0 Å². The highest BCUT2D eigenvalue weighted by Gasteiger charge is 2.08. The lowest BCUT2D eigenvalue weighted by atomic mass is 10.0. The van der Waals surface area contributed by atoms with Crippen LogP contribution in [0.1, 0.15) is 5.56 Å². The Morgan fingerprint density at radius 2 is 1.44 bits per heavy atom. The van der Waals surface area contributed by atoms with Gasteiger partial charge in [-0.3, -0.25) is 20.4 Å². The van der Waals surface area contributed by atoms with Gasteiger partial charge in [-0.25, -0.2) is 0 Å². The van der Waals surface area contributed by atoms with E-state index in [1.54, 1.807) is 0 Å². The van der Waals surface area contributed by atoms with E-state index in [9.17, 15) is 9.59 Å². The number of thioether (sulfide) groups is 1. The molecule has 3 rings (SSSR count). The Kier molecular flexibility index (Phi) is 5.69. The van der Waals surface area contributed by atoms with Crippen LogP contribution in [0.5, 0.6) is 0 Å². The van der Waals surface area contributed by atoms with Crippen molar-refractivity contribution in [3.05, 3.63) is 78.4 Å². The van der Waals surface area contributed by atoms with E-state index in [0.29, 0.717) is 0 Å². The molecular formula is C20H18N2O2S. The first-order valence-corrected chi connectivity index (χ1v) is 8.93. The smallest absolute Gasteiger partial charge is 0.248 e. The number of nitrogens with one attached hydrogen (secondary N) is 2. The molecule has 3 aromatic carbocycles. The molecule has 0 unspecified atom stereocenters. The summed E-state index contributed by atoms with van der Waals surface area (Å²) in [4.78, 5) is 25.0. The molecule has 0 aliphatic rings. The quantitative estimate of drug-likeness (QED) is 0.548. The van der Waals surface area contributed by atoms with Crippen LogP contribution in [0.15, 0.2) is 77.7 Å². The van der Waals surface area contributed by atoms with Gasteiger partial charge in [0.2, 0.25) is 11.8 Å². The third kappa shape index (κ3) is 4.84. The molecule has 3 aromatic rings. The third-order valence-corrected chi connectivity index (χ3v) is 4.70. The van der Waals surface area contributed by atoms with Crippen molar-refractivity contribution in [1.29, 1.82) is 0 Å². The highest BCUT2D eigenvalue weighted by Crippen LogP contribution is 2.19. The lowest BCUT2D eigenvalue weighted by Gasteiger charge is -2.09. The molecule has 0 spiro atoms. The second kappa shape index (κ2) is 8.35. The minimum Gasteiger partial charge on any atom is -0.273 e. The molecule has 0 saturated heterocycles. The first kappa shape index (κ1) is 17.0. The van der Waals surface area contributed by atoms with Gasteiger partial charge in [-0.05, 0) is 28.5 Å². The van der Waals surface area contributed by atoms with Crippen LogP contribution in [0, 0.1) is 0 Å². The van der Waals surface area contributed by atoms with Crippen molar-refractivity contribution in [3.63, 3.8) is 0 Å². The van der Waals surface area contributed by atoms with E-state index in [1.807, 2.05) is 72.8 Å². The Balaban J connectivity index is 1.50. The van der Waals surface area contributed by atoms with E-state index in [4.69, 9.17) is 0 Å². The number of carbonyl (C=O) groups is 2. The zero-order valence-corrected chi connectivity index (χ0v) is 14.4. The minimum absolute atomic E-state index is 0.216. The Hall–Kier alpha value is -2.79. The molecule has 0 radical (unpaired) electrons. The van der Waals surface area contributed by atoms with Crippen molar-refractivity contribution in [1.82, 2.24) is 10.9 Å². The zero-order chi connectivity index (χ0) is 17.5. The van der Waals surface area contributed by atoms with Gasteiger partial charge in [-0.1, -0.05) is 60.7 Å². The second-order valence-electron chi connectivity index (χ2n) is 5.51. The van der Waals surface area contributed by atoms with E-state index >= 15 is 0 Å². The van der Waals surface area contributed by atoms with Gasteiger partial charge in [0.15, 0.2) is 0 Å². The van der Waals surface area contributed by atoms with Crippen LogP contribution < -0.4 is 10.9 Å². The minimum atomic E-state index is -0.241. The van der Waals surface area contributed by atoms with Gasteiger partial charge in [0.05, 0.1) is 12.2 Å². The standard InChI is InChI=1S/C20H18N2O2S/c23-19(13-16-9-6-8-15-7-4-5-12-18(15)16)21-22-20(24)14-25-17-10-2-1-3-11-17/h1-12H,13-14H2,(H,21,23)(H,22,24).